The molecule has 0 amide bonds. The first-order chi connectivity index (χ1) is 13.6. The third-order valence-corrected chi connectivity index (χ3v) is 4.44. The fraction of sp³-hybridized carbons (Fsp3) is 0.625. The Morgan fingerprint density at radius 1 is 1.48 bits per heavy atom. The summed E-state index contributed by atoms with van der Waals surface area (Å²) in [5.41, 5.74) is 3.94. The van der Waals surface area contributed by atoms with Crippen LogP contribution in [0.25, 0.3) is 0 Å². The Morgan fingerprint density at radius 3 is 2.83 bits per heavy atom. The van der Waals surface area contributed by atoms with Gasteiger partial charge in [-0.2, -0.15) is 0 Å². The Balaban J connectivity index is 2.28. The molecule has 1 aromatic heterocycles. The summed E-state index contributed by atoms with van der Waals surface area (Å²) < 4.78 is 33.5. The fourth-order valence-electron chi connectivity index (χ4n) is 2.79. The first kappa shape index (κ1) is 23.5. The molecule has 4 atom stereocenters. The second-order valence-electron chi connectivity index (χ2n) is 6.06. The van der Waals surface area contributed by atoms with Crippen molar-refractivity contribution in [2.45, 2.75) is 45.0 Å². The number of H-pyrrole nitrogens is 1. The summed E-state index contributed by atoms with van der Waals surface area (Å²) >= 11 is 0. The number of nitrogens with one attached hydrogen (secondary N) is 1. The lowest BCUT2D eigenvalue weighted by atomic mass is 10.2. The standard InChI is InChI=1S/C16H24N3O9P/c1-3-25-10(2)27-12-7-14(28-13(12)9-26-29(22,23)24)19-8-11(5-4-6-17)15(20)18-16(19)21/h8,10,12-14H,3,6-7,9,17H2,1-2H3,(H,18,20,21)(H2,22,23,24)/t10-,12?,13-,14-/m1/s1. The highest BCUT2D eigenvalue weighted by Crippen LogP contribution is 2.38. The first-order valence-electron chi connectivity index (χ1n) is 8.81. The zero-order chi connectivity index (χ0) is 21.6. The topological polar surface area (TPSA) is 175 Å². The van der Waals surface area contributed by atoms with Gasteiger partial charge in [0.05, 0.1) is 19.3 Å². The molecule has 0 aliphatic carbocycles. The van der Waals surface area contributed by atoms with Gasteiger partial charge in [-0.1, -0.05) is 11.8 Å². The van der Waals surface area contributed by atoms with Gasteiger partial charge in [0.25, 0.3) is 5.56 Å². The van der Waals surface area contributed by atoms with Crippen molar-refractivity contribution >= 4 is 7.82 Å². The van der Waals surface area contributed by atoms with E-state index < -0.39 is 50.4 Å². The van der Waals surface area contributed by atoms with Crippen LogP contribution in [0, 0.1) is 11.8 Å². The molecule has 0 radical (unpaired) electrons. The van der Waals surface area contributed by atoms with Gasteiger partial charge in [0.15, 0.2) is 6.29 Å². The minimum absolute atomic E-state index is 0.0220. The van der Waals surface area contributed by atoms with Crippen LogP contribution in [-0.4, -0.2) is 57.6 Å². The molecule has 1 aliphatic heterocycles. The number of aromatic amines is 1. The molecule has 1 aromatic rings. The third-order valence-electron chi connectivity index (χ3n) is 3.96. The first-order valence-corrected chi connectivity index (χ1v) is 10.3. The smallest absolute Gasteiger partial charge is 0.353 e. The minimum atomic E-state index is -4.73. The Kier molecular flexibility index (Phi) is 8.33. The van der Waals surface area contributed by atoms with Gasteiger partial charge < -0.3 is 29.7 Å². The summed E-state index contributed by atoms with van der Waals surface area (Å²) in [5, 5.41) is 0. The van der Waals surface area contributed by atoms with Gasteiger partial charge in [-0.15, -0.1) is 0 Å². The van der Waals surface area contributed by atoms with Crippen molar-refractivity contribution in [3.63, 3.8) is 0 Å². The molecular formula is C16H24N3O9P. The number of rotatable bonds is 8. The maximum Gasteiger partial charge on any atom is 0.469 e. The summed E-state index contributed by atoms with van der Waals surface area (Å²) in [4.78, 5) is 44.2. The maximum atomic E-state index is 12.2. The summed E-state index contributed by atoms with van der Waals surface area (Å²) in [7, 11) is -4.73. The molecule has 0 saturated carbocycles. The van der Waals surface area contributed by atoms with Crippen LogP contribution in [0.2, 0.25) is 0 Å². The lowest BCUT2D eigenvalue weighted by Crippen LogP contribution is -2.33. The van der Waals surface area contributed by atoms with Crippen molar-refractivity contribution in [1.29, 1.82) is 0 Å². The van der Waals surface area contributed by atoms with Crippen molar-refractivity contribution in [1.82, 2.24) is 9.55 Å². The molecule has 12 nitrogen and oxygen atoms in total. The van der Waals surface area contributed by atoms with E-state index >= 15 is 0 Å². The third kappa shape index (κ3) is 6.88. The molecule has 0 aromatic carbocycles. The number of nitrogens with zero attached hydrogens (tertiary/aromatic N) is 1. The number of phosphoric ester groups is 1. The summed E-state index contributed by atoms with van der Waals surface area (Å²) in [5.74, 6) is 5.10. The van der Waals surface area contributed by atoms with E-state index in [0.29, 0.717) is 6.61 Å². The zero-order valence-electron chi connectivity index (χ0n) is 15.9. The largest absolute Gasteiger partial charge is 0.469 e. The van der Waals surface area contributed by atoms with E-state index in [9.17, 15) is 14.2 Å². The van der Waals surface area contributed by atoms with Crippen LogP contribution in [-0.2, 0) is 23.3 Å². The van der Waals surface area contributed by atoms with E-state index in [-0.39, 0.29) is 18.5 Å². The summed E-state index contributed by atoms with van der Waals surface area (Å²) in [6, 6.07) is 0. The van der Waals surface area contributed by atoms with Gasteiger partial charge in [0.2, 0.25) is 0 Å². The number of phosphoric acid groups is 1. The molecule has 162 valence electrons. The minimum Gasteiger partial charge on any atom is -0.353 e. The molecule has 2 rings (SSSR count). The van der Waals surface area contributed by atoms with Crippen LogP contribution < -0.4 is 17.0 Å². The second kappa shape index (κ2) is 10.3. The molecular weight excluding hydrogens is 409 g/mol. The van der Waals surface area contributed by atoms with Crippen LogP contribution in [0.15, 0.2) is 15.8 Å². The average Bonchev–Trinajstić information content (AvgIpc) is 3.01. The molecule has 1 saturated heterocycles. The quantitative estimate of drug-likeness (QED) is 0.226. The predicted octanol–water partition coefficient (Wildman–Crippen LogP) is -0.989. The summed E-state index contributed by atoms with van der Waals surface area (Å²) in [6.45, 7) is 3.40. The Morgan fingerprint density at radius 2 is 2.21 bits per heavy atom. The van der Waals surface area contributed by atoms with Gasteiger partial charge in [0, 0.05) is 19.2 Å². The van der Waals surface area contributed by atoms with Crippen molar-refractivity contribution in [3.05, 3.63) is 32.6 Å². The Hall–Kier alpha value is -1.81. The molecule has 29 heavy (non-hydrogen) atoms. The highest BCUT2D eigenvalue weighted by molar-refractivity contribution is 7.46. The van der Waals surface area contributed by atoms with Crippen LogP contribution in [0.3, 0.4) is 0 Å². The number of ether oxygens (including phenoxy) is 3. The molecule has 0 spiro atoms. The highest BCUT2D eigenvalue weighted by Gasteiger charge is 2.40. The lowest BCUT2D eigenvalue weighted by Gasteiger charge is -2.22. The number of nitrogens with two attached hydrogens (primary N) is 1. The number of hydrogen-bond acceptors (Lipinski definition) is 8. The van der Waals surface area contributed by atoms with E-state index in [4.69, 9.17) is 29.7 Å². The molecule has 2 heterocycles. The van der Waals surface area contributed by atoms with E-state index in [1.807, 2.05) is 0 Å². The fourth-order valence-corrected chi connectivity index (χ4v) is 3.13. The maximum absolute atomic E-state index is 12.2. The van der Waals surface area contributed by atoms with Crippen molar-refractivity contribution in [2.24, 2.45) is 5.73 Å². The van der Waals surface area contributed by atoms with Gasteiger partial charge >= 0.3 is 13.5 Å². The predicted molar refractivity (Wildman–Crippen MR) is 99.7 cm³/mol. The van der Waals surface area contributed by atoms with Crippen molar-refractivity contribution < 1.29 is 33.1 Å². The molecule has 0 bridgehead atoms. The van der Waals surface area contributed by atoms with Gasteiger partial charge in [-0.05, 0) is 13.8 Å². The number of aromatic nitrogens is 2. The lowest BCUT2D eigenvalue weighted by molar-refractivity contribution is -0.172. The molecule has 1 unspecified atom stereocenters. The highest BCUT2D eigenvalue weighted by atomic mass is 31.2. The normalized spacial score (nSPS) is 22.9. The molecule has 1 fully saturated rings. The second-order valence-corrected chi connectivity index (χ2v) is 7.30. The van der Waals surface area contributed by atoms with E-state index in [1.54, 1.807) is 13.8 Å². The zero-order valence-corrected chi connectivity index (χ0v) is 16.8. The molecule has 13 heteroatoms. The van der Waals surface area contributed by atoms with E-state index in [0.717, 1.165) is 4.57 Å². The van der Waals surface area contributed by atoms with Crippen LogP contribution in [0.1, 0.15) is 32.1 Å². The van der Waals surface area contributed by atoms with E-state index in [2.05, 4.69) is 21.3 Å². The number of hydrogen-bond donors (Lipinski definition) is 4. The van der Waals surface area contributed by atoms with Gasteiger partial charge in [-0.3, -0.25) is 18.9 Å². The van der Waals surface area contributed by atoms with Crippen molar-refractivity contribution in [3.8, 4) is 11.8 Å². The van der Waals surface area contributed by atoms with Crippen molar-refractivity contribution in [2.75, 3.05) is 19.8 Å². The average molecular weight is 433 g/mol. The Labute approximate surface area is 166 Å². The van der Waals surface area contributed by atoms with Gasteiger partial charge in [0.1, 0.15) is 17.9 Å². The van der Waals surface area contributed by atoms with E-state index in [1.165, 1.54) is 6.20 Å². The van der Waals surface area contributed by atoms with Gasteiger partial charge in [-0.25, -0.2) is 9.36 Å². The molecule has 5 N–H and O–H groups in total. The van der Waals surface area contributed by atoms with Crippen LogP contribution in [0.5, 0.6) is 0 Å². The van der Waals surface area contributed by atoms with Crippen LogP contribution >= 0.6 is 7.82 Å². The summed E-state index contributed by atoms with van der Waals surface area (Å²) in [6.07, 6.45) is -1.71. The Bertz CT molecular complexity index is 913. The SMILES string of the molecule is CCO[C@@H](C)OC1C[C@H](n2cc(C#CCN)c(=O)[nH]c2=O)O[C@@H]1COP(=O)(O)O. The monoisotopic (exact) mass is 433 g/mol. The van der Waals surface area contributed by atoms with Crippen LogP contribution in [0.4, 0.5) is 0 Å². The molecule has 1 aliphatic rings.